The van der Waals surface area contributed by atoms with Crippen molar-refractivity contribution in [3.05, 3.63) is 163 Å². The number of pyridine rings is 3. The Hall–Kier alpha value is -3.43. The summed E-state index contributed by atoms with van der Waals surface area (Å²) in [6.45, 7) is 2.20. The van der Waals surface area contributed by atoms with Crippen LogP contribution in [0.3, 0.4) is 0 Å². The second-order valence-corrected chi connectivity index (χ2v) is 13.8. The number of nitrogens with zero attached hydrogens (tertiary/aromatic N) is 3. The Morgan fingerprint density at radius 1 is 0.500 bits per heavy atom. The average molecular weight is 743 g/mol. The van der Waals surface area contributed by atoms with Crippen molar-refractivity contribution in [1.29, 1.82) is 0 Å². The van der Waals surface area contributed by atoms with Crippen molar-refractivity contribution in [3.63, 3.8) is 0 Å². The van der Waals surface area contributed by atoms with E-state index in [0.29, 0.717) is 0 Å². The van der Waals surface area contributed by atoms with Gasteiger partial charge in [-0.15, -0.1) is 0 Å². The van der Waals surface area contributed by atoms with Gasteiger partial charge in [0.05, 0.1) is 0 Å². The molecule has 1 aliphatic heterocycles. The molecule has 0 N–H and O–H groups in total. The molecule has 0 spiro atoms. The van der Waals surface area contributed by atoms with Crippen molar-refractivity contribution in [2.45, 2.75) is 12.6 Å². The van der Waals surface area contributed by atoms with E-state index >= 15 is 0 Å². The van der Waals surface area contributed by atoms with E-state index in [4.69, 9.17) is 0 Å². The van der Waals surface area contributed by atoms with Crippen LogP contribution < -0.4 is 29.4 Å². The van der Waals surface area contributed by atoms with Crippen LogP contribution in [0.4, 0.5) is 0 Å². The first kappa shape index (κ1) is 25.5. The van der Waals surface area contributed by atoms with Gasteiger partial charge in [-0.1, -0.05) is 0 Å². The summed E-state index contributed by atoms with van der Waals surface area (Å²) in [6.07, 6.45) is 6.73. The Bertz CT molecular complexity index is 1840. The van der Waals surface area contributed by atoms with Gasteiger partial charge in [-0.25, -0.2) is 0 Å². The van der Waals surface area contributed by atoms with Gasteiger partial charge in [0.1, 0.15) is 0 Å². The van der Waals surface area contributed by atoms with Gasteiger partial charge >= 0.3 is 257 Å². The molecule has 0 aliphatic carbocycles. The van der Waals surface area contributed by atoms with Crippen LogP contribution >= 0.6 is 18.6 Å². The Morgan fingerprint density at radius 2 is 0.950 bits per heavy atom. The SMILES string of the molecule is Cc1ccccc1-c1cccc[n+]1C1(c2ccccc2-c2cccc[n+]2[I-]I)c2ccccc2-c2cccc[n+]21. The van der Waals surface area contributed by atoms with E-state index in [1.165, 1.54) is 50.5 Å². The van der Waals surface area contributed by atoms with Crippen molar-refractivity contribution in [1.82, 2.24) is 0 Å². The fraction of sp³-hybridized carbons (Fsp3) is 0.0571. The molecule has 7 rings (SSSR count). The first-order valence-corrected chi connectivity index (χ1v) is 20.6. The van der Waals surface area contributed by atoms with Gasteiger partial charge in [-0.2, -0.15) is 0 Å². The minimum absolute atomic E-state index is 0.217. The zero-order valence-corrected chi connectivity index (χ0v) is 26.3. The summed E-state index contributed by atoms with van der Waals surface area (Å²) in [5.41, 5.74) is 10.5. The van der Waals surface area contributed by atoms with Crippen molar-refractivity contribution in [2.24, 2.45) is 0 Å². The van der Waals surface area contributed by atoms with Crippen LogP contribution in [0.1, 0.15) is 16.7 Å². The topological polar surface area (TPSA) is 11.6 Å². The zero-order chi connectivity index (χ0) is 27.1. The number of rotatable bonds is 5. The zero-order valence-electron chi connectivity index (χ0n) is 22.0. The molecule has 1 aliphatic rings. The van der Waals surface area contributed by atoms with Crippen LogP contribution in [0, 0.1) is 6.92 Å². The number of aryl methyl sites for hydroxylation is 1. The molecular weight excluding hydrogens is 716 g/mol. The molecule has 194 valence electrons. The van der Waals surface area contributed by atoms with E-state index < -0.39 is 5.66 Å². The fourth-order valence-electron chi connectivity index (χ4n) is 6.24. The van der Waals surface area contributed by atoms with E-state index in [2.05, 4.69) is 183 Å². The van der Waals surface area contributed by atoms with E-state index in [1.54, 1.807) is 0 Å². The molecule has 5 heteroatoms. The monoisotopic (exact) mass is 743 g/mol. The van der Waals surface area contributed by atoms with Crippen LogP contribution in [0.15, 0.2) is 146 Å². The first-order valence-electron chi connectivity index (χ1n) is 13.3. The van der Waals surface area contributed by atoms with Gasteiger partial charge in [0.25, 0.3) is 0 Å². The van der Waals surface area contributed by atoms with E-state index in [-0.39, 0.29) is 17.5 Å². The quantitative estimate of drug-likeness (QED) is 0.189. The first-order chi connectivity index (χ1) is 19.7. The van der Waals surface area contributed by atoms with Gasteiger partial charge in [-0.05, 0) is 0 Å². The van der Waals surface area contributed by atoms with Crippen molar-refractivity contribution < 1.29 is 29.4 Å². The standard InChI is InChI=1S/C35H27I2N3/c1-26-14-2-3-15-27(26)32-20-8-11-23-38(32)35(30-18-6-4-16-28(30)33-21-9-12-24-39(33)35)31-19-7-5-17-29(31)34-22-10-13-25-40(34)37-36/h2-25H,1H3/q+2. The van der Waals surface area contributed by atoms with E-state index in [1.807, 2.05) is 0 Å². The molecule has 1 atom stereocenters. The molecule has 0 radical (unpaired) electrons. The number of benzene rings is 3. The van der Waals surface area contributed by atoms with Crippen LogP contribution in [-0.4, -0.2) is 0 Å². The number of hydrogen-bond donors (Lipinski definition) is 0. The second-order valence-electron chi connectivity index (χ2n) is 9.95. The van der Waals surface area contributed by atoms with Crippen LogP contribution in [0.25, 0.3) is 33.8 Å². The predicted octanol–water partition coefficient (Wildman–Crippen LogP) is 3.67. The van der Waals surface area contributed by atoms with Crippen molar-refractivity contribution in [3.8, 4) is 33.8 Å². The maximum absolute atomic E-state index is 2.56. The Balaban J connectivity index is 1.68. The Morgan fingerprint density at radius 3 is 1.55 bits per heavy atom. The van der Waals surface area contributed by atoms with Gasteiger partial charge < -0.3 is 0 Å². The van der Waals surface area contributed by atoms with Crippen LogP contribution in [0.5, 0.6) is 0 Å². The minimum atomic E-state index is -0.653. The third kappa shape index (κ3) is 3.85. The molecule has 1 unspecified atom stereocenters. The summed E-state index contributed by atoms with van der Waals surface area (Å²) in [5, 5.41) is 0. The third-order valence-corrected chi connectivity index (χ3v) is 11.7. The summed E-state index contributed by atoms with van der Waals surface area (Å²) in [7, 11) is 0. The van der Waals surface area contributed by atoms with Gasteiger partial charge in [0.15, 0.2) is 0 Å². The third-order valence-electron chi connectivity index (χ3n) is 7.88. The average Bonchev–Trinajstić information content (AvgIpc) is 3.32. The summed E-state index contributed by atoms with van der Waals surface area (Å²) in [5.74, 6) is 0. The maximum atomic E-state index is 2.56. The molecule has 40 heavy (non-hydrogen) atoms. The number of fused-ring (bicyclic) bond motifs is 3. The van der Waals surface area contributed by atoms with Crippen LogP contribution in [0.2, 0.25) is 0 Å². The molecule has 0 saturated carbocycles. The summed E-state index contributed by atoms with van der Waals surface area (Å²) >= 11 is 2.34. The predicted molar refractivity (Wildman–Crippen MR) is 162 cm³/mol. The number of halogens is 2. The molecule has 6 aromatic rings. The molecule has 4 heterocycles. The molecule has 0 amide bonds. The Labute approximate surface area is 255 Å². The molecule has 3 aromatic carbocycles. The number of hydrogen-bond acceptors (Lipinski definition) is 0. The van der Waals surface area contributed by atoms with E-state index in [9.17, 15) is 0 Å². The summed E-state index contributed by atoms with van der Waals surface area (Å²) in [4.78, 5) is 0. The van der Waals surface area contributed by atoms with Gasteiger partial charge in [0, 0.05) is 0 Å². The number of aromatic nitrogens is 3. The fourth-order valence-corrected chi connectivity index (χ4v) is 9.29. The second kappa shape index (κ2) is 10.5. The molecule has 0 bridgehead atoms. The molecular formula is C35H27I2N3+2. The van der Waals surface area contributed by atoms with Crippen LogP contribution in [-0.2, 0) is 5.66 Å². The molecule has 3 nitrogen and oxygen atoms in total. The summed E-state index contributed by atoms with van der Waals surface area (Å²) < 4.78 is 7.40. The van der Waals surface area contributed by atoms with Gasteiger partial charge in [-0.3, -0.25) is 0 Å². The molecule has 0 saturated heterocycles. The van der Waals surface area contributed by atoms with Crippen molar-refractivity contribution in [2.75, 3.05) is 0 Å². The van der Waals surface area contributed by atoms with E-state index in [0.717, 1.165) is 0 Å². The normalized spacial score (nSPS) is 15.6. The summed E-state index contributed by atoms with van der Waals surface area (Å²) in [6, 6.07) is 46.3. The van der Waals surface area contributed by atoms with Crippen molar-refractivity contribution >= 4 is 18.6 Å². The molecule has 3 aromatic heterocycles. The molecule has 0 fully saturated rings. The van der Waals surface area contributed by atoms with Gasteiger partial charge in [0.2, 0.25) is 0 Å². The Kier molecular flexibility index (Phi) is 6.71.